The highest BCUT2D eigenvalue weighted by Crippen LogP contribution is 2.41. The molecule has 43 heavy (non-hydrogen) atoms. The number of hydrogen-bond acceptors (Lipinski definition) is 4. The summed E-state index contributed by atoms with van der Waals surface area (Å²) in [5.74, 6) is 0. The van der Waals surface area contributed by atoms with Gasteiger partial charge in [0.1, 0.15) is 28.4 Å². The van der Waals surface area contributed by atoms with Crippen LogP contribution in [0.4, 0.5) is 0 Å². The van der Waals surface area contributed by atoms with Gasteiger partial charge in [-0.05, 0) is 66.2 Å². The lowest BCUT2D eigenvalue weighted by molar-refractivity contribution is 0.664. The molecule has 9 rings (SSSR count). The summed E-state index contributed by atoms with van der Waals surface area (Å²) in [6.45, 7) is 0. The summed E-state index contributed by atoms with van der Waals surface area (Å²) in [6.07, 6.45) is 0. The molecule has 0 bridgehead atoms. The zero-order valence-corrected chi connectivity index (χ0v) is 22.6. The van der Waals surface area contributed by atoms with Gasteiger partial charge in [0.05, 0.1) is 33.9 Å². The molecule has 0 spiro atoms. The fourth-order valence-electron chi connectivity index (χ4n) is 6.55. The summed E-state index contributed by atoms with van der Waals surface area (Å²) in [7, 11) is 0. The van der Waals surface area contributed by atoms with Gasteiger partial charge in [0.15, 0.2) is 0 Å². The van der Waals surface area contributed by atoms with E-state index in [4.69, 9.17) is 8.83 Å². The van der Waals surface area contributed by atoms with E-state index in [0.717, 1.165) is 82.5 Å². The van der Waals surface area contributed by atoms with Crippen molar-refractivity contribution in [3.63, 3.8) is 0 Å². The van der Waals surface area contributed by atoms with E-state index in [1.165, 1.54) is 0 Å². The zero-order valence-electron chi connectivity index (χ0n) is 22.6. The van der Waals surface area contributed by atoms with Crippen LogP contribution in [0.1, 0.15) is 11.1 Å². The lowest BCUT2D eigenvalue weighted by Gasteiger charge is -2.16. The summed E-state index contributed by atoms with van der Waals surface area (Å²) in [4.78, 5) is 0. The average molecular weight is 550 g/mol. The van der Waals surface area contributed by atoms with Gasteiger partial charge in [0, 0.05) is 37.9 Å². The Hall–Kier alpha value is -6.30. The van der Waals surface area contributed by atoms with Crippen molar-refractivity contribution < 1.29 is 8.83 Å². The molecule has 0 amide bonds. The third-order valence-corrected chi connectivity index (χ3v) is 8.46. The van der Waals surface area contributed by atoms with Gasteiger partial charge < -0.3 is 13.4 Å². The van der Waals surface area contributed by atoms with Crippen LogP contribution < -0.4 is 0 Å². The van der Waals surface area contributed by atoms with Crippen LogP contribution in [0, 0.1) is 22.7 Å². The number of para-hydroxylation sites is 3. The Bertz CT molecular complexity index is 2650. The summed E-state index contributed by atoms with van der Waals surface area (Å²) >= 11 is 0. The van der Waals surface area contributed by atoms with Crippen molar-refractivity contribution in [3.05, 3.63) is 126 Å². The summed E-state index contributed by atoms with van der Waals surface area (Å²) in [5.41, 5.74) is 9.06. The number of aromatic nitrogens is 1. The van der Waals surface area contributed by atoms with Gasteiger partial charge in [0.25, 0.3) is 0 Å². The number of nitrogens with zero attached hydrogens (tertiary/aromatic N) is 3. The van der Waals surface area contributed by atoms with E-state index < -0.39 is 0 Å². The quantitative estimate of drug-likeness (QED) is 0.215. The van der Waals surface area contributed by atoms with Crippen LogP contribution in [0.15, 0.2) is 124 Å². The van der Waals surface area contributed by atoms with Crippen molar-refractivity contribution in [3.8, 4) is 29.0 Å². The maximum Gasteiger partial charge on any atom is 0.136 e. The normalized spacial score (nSPS) is 11.7. The highest BCUT2D eigenvalue weighted by molar-refractivity contribution is 6.16. The van der Waals surface area contributed by atoms with Crippen molar-refractivity contribution >= 4 is 65.7 Å². The molecule has 0 N–H and O–H groups in total. The topological polar surface area (TPSA) is 78.8 Å². The fourth-order valence-corrected chi connectivity index (χ4v) is 6.55. The molecule has 0 unspecified atom stereocenters. The van der Waals surface area contributed by atoms with Crippen molar-refractivity contribution in [1.29, 1.82) is 10.5 Å². The van der Waals surface area contributed by atoms with Crippen LogP contribution in [-0.4, -0.2) is 4.57 Å². The maximum absolute atomic E-state index is 10.3. The molecule has 0 aliphatic carbocycles. The minimum Gasteiger partial charge on any atom is -0.456 e. The molecule has 0 aliphatic rings. The number of rotatable bonds is 2. The number of fused-ring (bicyclic) bond motifs is 9. The van der Waals surface area contributed by atoms with Crippen LogP contribution in [0.25, 0.3) is 82.5 Å². The summed E-state index contributed by atoms with van der Waals surface area (Å²) in [5, 5.41) is 25.7. The lowest BCUT2D eigenvalue weighted by atomic mass is 9.98. The molecule has 6 aromatic carbocycles. The summed E-state index contributed by atoms with van der Waals surface area (Å²) in [6, 6.07) is 42.9. The van der Waals surface area contributed by atoms with E-state index in [2.05, 4.69) is 71.3 Å². The van der Waals surface area contributed by atoms with Gasteiger partial charge in [0.2, 0.25) is 0 Å². The van der Waals surface area contributed by atoms with Crippen molar-refractivity contribution in [2.24, 2.45) is 0 Å². The molecule has 0 atom stereocenters. The molecule has 5 nitrogen and oxygen atoms in total. The smallest absolute Gasteiger partial charge is 0.136 e. The second-order valence-electron chi connectivity index (χ2n) is 10.8. The third-order valence-electron chi connectivity index (χ3n) is 8.46. The average Bonchev–Trinajstić information content (AvgIpc) is 3.71. The second kappa shape index (κ2) is 8.60. The first kappa shape index (κ1) is 23.4. The van der Waals surface area contributed by atoms with E-state index in [0.29, 0.717) is 11.1 Å². The SMILES string of the molecule is N#Cc1ccc2oc3cc4c(cc3c2c1)oc1ccc(-c2cccc(C#N)c2-n2c3ccccc3c3ccccc32)cc14. The largest absolute Gasteiger partial charge is 0.456 e. The van der Waals surface area contributed by atoms with Crippen LogP contribution in [0.2, 0.25) is 0 Å². The Balaban J connectivity index is 1.32. The van der Waals surface area contributed by atoms with Crippen LogP contribution in [-0.2, 0) is 0 Å². The second-order valence-corrected chi connectivity index (χ2v) is 10.8. The van der Waals surface area contributed by atoms with E-state index in [1.54, 1.807) is 6.07 Å². The molecule has 0 fully saturated rings. The molecule has 0 aliphatic heterocycles. The molecule has 5 heteroatoms. The first-order chi connectivity index (χ1) is 21.2. The predicted octanol–water partition coefficient (Wildman–Crippen LogP) is 9.99. The zero-order chi connectivity index (χ0) is 28.7. The first-order valence-electron chi connectivity index (χ1n) is 14.0. The molecule has 0 saturated carbocycles. The van der Waals surface area contributed by atoms with Gasteiger partial charge in [-0.15, -0.1) is 0 Å². The fraction of sp³-hybridized carbons (Fsp3) is 0. The van der Waals surface area contributed by atoms with Crippen molar-refractivity contribution in [2.75, 3.05) is 0 Å². The first-order valence-corrected chi connectivity index (χ1v) is 14.0. The van der Waals surface area contributed by atoms with E-state index in [9.17, 15) is 10.5 Å². The van der Waals surface area contributed by atoms with Gasteiger partial charge in [-0.2, -0.15) is 10.5 Å². The van der Waals surface area contributed by atoms with Crippen LogP contribution >= 0.6 is 0 Å². The highest BCUT2D eigenvalue weighted by Gasteiger charge is 2.20. The Morgan fingerprint density at radius 2 is 1.09 bits per heavy atom. The van der Waals surface area contributed by atoms with E-state index in [1.807, 2.05) is 54.6 Å². The van der Waals surface area contributed by atoms with E-state index in [-0.39, 0.29) is 0 Å². The molecule has 9 aromatic rings. The minimum absolute atomic E-state index is 0.586. The van der Waals surface area contributed by atoms with Crippen molar-refractivity contribution in [1.82, 2.24) is 4.57 Å². The predicted molar refractivity (Wildman–Crippen MR) is 170 cm³/mol. The molecule has 3 heterocycles. The molecule has 0 radical (unpaired) electrons. The van der Waals surface area contributed by atoms with Gasteiger partial charge in [-0.1, -0.05) is 54.6 Å². The van der Waals surface area contributed by atoms with Crippen LogP contribution in [0.3, 0.4) is 0 Å². The van der Waals surface area contributed by atoms with E-state index >= 15 is 0 Å². The number of hydrogen-bond donors (Lipinski definition) is 0. The molecular formula is C38H19N3O2. The molecule has 0 saturated heterocycles. The Morgan fingerprint density at radius 1 is 0.488 bits per heavy atom. The Kier molecular flexibility index (Phi) is 4.68. The third kappa shape index (κ3) is 3.25. The monoisotopic (exact) mass is 549 g/mol. The number of benzene rings is 6. The Morgan fingerprint density at radius 3 is 1.74 bits per heavy atom. The highest BCUT2D eigenvalue weighted by atomic mass is 16.3. The molecule has 3 aromatic heterocycles. The van der Waals surface area contributed by atoms with Crippen molar-refractivity contribution in [2.45, 2.75) is 0 Å². The Labute approximate surface area is 244 Å². The van der Waals surface area contributed by atoms with Crippen LogP contribution in [0.5, 0.6) is 0 Å². The molecule has 198 valence electrons. The standard InChI is InChI=1S/C38H19N3O2/c39-20-22-12-14-34-28(16-22)30-18-37-31(19-36(30)42-34)29-17-23(13-15-35(29)43-37)25-9-5-6-24(21-40)38(25)41-32-10-3-1-7-26(32)27-8-2-4-11-33(27)41/h1-19H. The number of nitriles is 2. The van der Waals surface area contributed by atoms with Gasteiger partial charge >= 0.3 is 0 Å². The summed E-state index contributed by atoms with van der Waals surface area (Å²) < 4.78 is 14.7. The minimum atomic E-state index is 0.586. The maximum atomic E-state index is 10.3. The van der Waals surface area contributed by atoms with Gasteiger partial charge in [-0.3, -0.25) is 0 Å². The number of furan rings is 2. The van der Waals surface area contributed by atoms with Gasteiger partial charge in [-0.25, -0.2) is 0 Å². The molecular weight excluding hydrogens is 530 g/mol. The lowest BCUT2D eigenvalue weighted by Crippen LogP contribution is -2.00.